The lowest BCUT2D eigenvalue weighted by atomic mass is 9.89. The first-order valence-corrected chi connectivity index (χ1v) is 10.2. The number of hydrogen-bond acceptors (Lipinski definition) is 5. The number of aliphatic hydroxyl groups excluding tert-OH is 1. The standard InChI is InChI=1S/C24H25N5O2/c1-14-8-15(2)20(9-19(14)23-21(10-25)27-22(13-30)28-23)24(31)29-11-17(12-29)16-4-6-18(26-3)7-5-16/h4-9,17,26,30H,11-13H2,1-3H3,(H,27,28). The van der Waals surface area contributed by atoms with Crippen molar-refractivity contribution in [2.24, 2.45) is 0 Å². The van der Waals surface area contributed by atoms with E-state index >= 15 is 0 Å². The van der Waals surface area contributed by atoms with Gasteiger partial charge in [0.1, 0.15) is 18.5 Å². The molecule has 158 valence electrons. The molecule has 1 aliphatic heterocycles. The maximum absolute atomic E-state index is 13.2. The number of nitriles is 1. The smallest absolute Gasteiger partial charge is 0.254 e. The van der Waals surface area contributed by atoms with E-state index in [2.05, 4.69) is 33.5 Å². The number of nitrogens with zero attached hydrogens (tertiary/aromatic N) is 3. The molecular weight excluding hydrogens is 390 g/mol. The fourth-order valence-electron chi connectivity index (χ4n) is 4.07. The summed E-state index contributed by atoms with van der Waals surface area (Å²) in [5.41, 5.74) is 6.24. The Bertz CT molecular complexity index is 1170. The van der Waals surface area contributed by atoms with E-state index in [0.717, 1.165) is 22.4 Å². The number of amides is 1. The van der Waals surface area contributed by atoms with Crippen molar-refractivity contribution in [1.29, 1.82) is 5.26 Å². The first-order chi connectivity index (χ1) is 14.9. The number of aryl methyl sites for hydroxylation is 2. The third-order valence-electron chi connectivity index (χ3n) is 5.92. The van der Waals surface area contributed by atoms with E-state index in [4.69, 9.17) is 0 Å². The van der Waals surface area contributed by atoms with Gasteiger partial charge in [0.2, 0.25) is 0 Å². The van der Waals surface area contributed by atoms with Crippen molar-refractivity contribution in [1.82, 2.24) is 14.9 Å². The fraction of sp³-hybridized carbons (Fsp3) is 0.292. The van der Waals surface area contributed by atoms with Crippen molar-refractivity contribution in [3.05, 3.63) is 70.2 Å². The van der Waals surface area contributed by atoms with Gasteiger partial charge in [0.15, 0.2) is 5.69 Å². The largest absolute Gasteiger partial charge is 0.388 e. The monoisotopic (exact) mass is 415 g/mol. The van der Waals surface area contributed by atoms with Crippen LogP contribution in [0.25, 0.3) is 11.3 Å². The summed E-state index contributed by atoms with van der Waals surface area (Å²) >= 11 is 0. The predicted octanol–water partition coefficient (Wildman–Crippen LogP) is 3.34. The minimum Gasteiger partial charge on any atom is -0.388 e. The number of anilines is 1. The highest BCUT2D eigenvalue weighted by Gasteiger charge is 2.33. The van der Waals surface area contributed by atoms with Crippen molar-refractivity contribution in [2.75, 3.05) is 25.5 Å². The highest BCUT2D eigenvalue weighted by molar-refractivity contribution is 5.98. The lowest BCUT2D eigenvalue weighted by Gasteiger charge is -2.40. The summed E-state index contributed by atoms with van der Waals surface area (Å²) < 4.78 is 0. The van der Waals surface area contributed by atoms with Gasteiger partial charge in [-0.2, -0.15) is 5.26 Å². The van der Waals surface area contributed by atoms with E-state index in [1.165, 1.54) is 5.56 Å². The summed E-state index contributed by atoms with van der Waals surface area (Å²) in [7, 11) is 1.89. The molecule has 3 N–H and O–H groups in total. The van der Waals surface area contributed by atoms with Crippen LogP contribution in [0, 0.1) is 25.2 Å². The van der Waals surface area contributed by atoms with Crippen molar-refractivity contribution >= 4 is 11.6 Å². The number of carbonyl (C=O) groups is 1. The molecule has 1 fully saturated rings. The SMILES string of the molecule is CNc1ccc(C2CN(C(=O)c3cc(-c4[nH]c(CO)nc4C#N)c(C)cc3C)C2)cc1. The van der Waals surface area contributed by atoms with Gasteiger partial charge in [0, 0.05) is 42.9 Å². The lowest BCUT2D eigenvalue weighted by Crippen LogP contribution is -2.48. The highest BCUT2D eigenvalue weighted by Crippen LogP contribution is 2.32. The van der Waals surface area contributed by atoms with Crippen LogP contribution in [0.15, 0.2) is 36.4 Å². The summed E-state index contributed by atoms with van der Waals surface area (Å²) in [5.74, 6) is 0.654. The molecule has 0 atom stereocenters. The van der Waals surface area contributed by atoms with Crippen LogP contribution >= 0.6 is 0 Å². The van der Waals surface area contributed by atoms with Crippen LogP contribution < -0.4 is 5.32 Å². The van der Waals surface area contributed by atoms with Crippen LogP contribution in [0.5, 0.6) is 0 Å². The number of benzene rings is 2. The van der Waals surface area contributed by atoms with Crippen LogP contribution in [0.2, 0.25) is 0 Å². The molecule has 4 rings (SSSR count). The van der Waals surface area contributed by atoms with Crippen molar-refractivity contribution in [3.63, 3.8) is 0 Å². The molecule has 7 nitrogen and oxygen atoms in total. The minimum absolute atomic E-state index is 0.0118. The number of aromatic amines is 1. The molecule has 0 unspecified atom stereocenters. The summed E-state index contributed by atoms with van der Waals surface area (Å²) in [6, 6.07) is 14.2. The Morgan fingerprint density at radius 1 is 1.26 bits per heavy atom. The van der Waals surface area contributed by atoms with E-state index in [1.54, 1.807) is 0 Å². The topological polar surface area (TPSA) is 105 Å². The Labute approximate surface area is 181 Å². The Morgan fingerprint density at radius 3 is 2.58 bits per heavy atom. The normalized spacial score (nSPS) is 13.6. The number of aliphatic hydroxyl groups is 1. The van der Waals surface area contributed by atoms with Gasteiger partial charge in [-0.3, -0.25) is 4.79 Å². The summed E-state index contributed by atoms with van der Waals surface area (Å²) in [6.45, 7) is 4.95. The van der Waals surface area contributed by atoms with Gasteiger partial charge < -0.3 is 20.3 Å². The predicted molar refractivity (Wildman–Crippen MR) is 119 cm³/mol. The summed E-state index contributed by atoms with van der Waals surface area (Å²) in [6.07, 6.45) is 0. The zero-order chi connectivity index (χ0) is 22.1. The Morgan fingerprint density at radius 2 is 1.97 bits per heavy atom. The first-order valence-electron chi connectivity index (χ1n) is 10.2. The van der Waals surface area contributed by atoms with Gasteiger partial charge in [-0.25, -0.2) is 4.98 Å². The van der Waals surface area contributed by atoms with Crippen molar-refractivity contribution in [2.45, 2.75) is 26.4 Å². The number of rotatable bonds is 5. The van der Waals surface area contributed by atoms with Crippen LogP contribution in [0.1, 0.15) is 44.5 Å². The van der Waals surface area contributed by atoms with E-state index in [1.807, 2.05) is 50.1 Å². The molecule has 0 radical (unpaired) electrons. The molecule has 0 aliphatic carbocycles. The highest BCUT2D eigenvalue weighted by atomic mass is 16.3. The van der Waals surface area contributed by atoms with E-state index in [-0.39, 0.29) is 18.2 Å². The molecule has 1 aliphatic rings. The molecule has 0 saturated carbocycles. The molecule has 7 heteroatoms. The molecule has 2 heterocycles. The molecule has 1 saturated heterocycles. The van der Waals surface area contributed by atoms with Gasteiger partial charge in [0.05, 0.1) is 5.69 Å². The van der Waals surface area contributed by atoms with Crippen LogP contribution in [-0.4, -0.2) is 46.0 Å². The maximum Gasteiger partial charge on any atom is 0.254 e. The number of imidazole rings is 1. The second-order valence-corrected chi connectivity index (χ2v) is 7.94. The second-order valence-electron chi connectivity index (χ2n) is 7.94. The average Bonchev–Trinajstić information content (AvgIpc) is 3.16. The molecule has 0 spiro atoms. The van der Waals surface area contributed by atoms with Crippen molar-refractivity contribution in [3.8, 4) is 17.3 Å². The van der Waals surface area contributed by atoms with Crippen LogP contribution in [-0.2, 0) is 6.61 Å². The van der Waals surface area contributed by atoms with E-state index < -0.39 is 0 Å². The molecule has 1 aromatic heterocycles. The van der Waals surface area contributed by atoms with Gasteiger partial charge in [-0.1, -0.05) is 18.2 Å². The number of carbonyl (C=O) groups excluding carboxylic acids is 1. The molecule has 0 bridgehead atoms. The minimum atomic E-state index is -0.282. The van der Waals surface area contributed by atoms with Gasteiger partial charge >= 0.3 is 0 Å². The summed E-state index contributed by atoms with van der Waals surface area (Å²) in [5, 5.41) is 21.9. The van der Waals surface area contributed by atoms with Gasteiger partial charge in [0.25, 0.3) is 5.91 Å². The quantitative estimate of drug-likeness (QED) is 0.593. The second kappa shape index (κ2) is 8.25. The van der Waals surface area contributed by atoms with Crippen LogP contribution in [0.4, 0.5) is 5.69 Å². The lowest BCUT2D eigenvalue weighted by molar-refractivity contribution is 0.0601. The number of aromatic nitrogens is 2. The Balaban J connectivity index is 1.57. The van der Waals surface area contributed by atoms with Gasteiger partial charge in [-0.05, 0) is 48.7 Å². The average molecular weight is 415 g/mol. The summed E-state index contributed by atoms with van der Waals surface area (Å²) in [4.78, 5) is 22.2. The van der Waals surface area contributed by atoms with Gasteiger partial charge in [-0.15, -0.1) is 0 Å². The fourth-order valence-corrected chi connectivity index (χ4v) is 4.07. The number of hydrogen-bond donors (Lipinski definition) is 3. The molecule has 1 amide bonds. The zero-order valence-corrected chi connectivity index (χ0v) is 17.9. The molecule has 3 aromatic rings. The van der Waals surface area contributed by atoms with Crippen LogP contribution in [0.3, 0.4) is 0 Å². The van der Waals surface area contributed by atoms with E-state index in [9.17, 15) is 15.2 Å². The maximum atomic E-state index is 13.2. The van der Waals surface area contributed by atoms with Crippen molar-refractivity contribution < 1.29 is 9.90 Å². The third kappa shape index (κ3) is 3.78. The molecular formula is C24H25N5O2. The Hall–Kier alpha value is -3.63. The number of likely N-dealkylation sites (tertiary alicyclic amines) is 1. The first kappa shape index (κ1) is 20.6. The number of nitrogens with one attached hydrogen (secondary N) is 2. The van der Waals surface area contributed by atoms with E-state index in [0.29, 0.717) is 36.1 Å². The zero-order valence-electron chi connectivity index (χ0n) is 17.9. The molecule has 31 heavy (non-hydrogen) atoms. The Kier molecular flexibility index (Phi) is 5.49. The number of H-pyrrole nitrogens is 1. The molecule has 2 aromatic carbocycles. The third-order valence-corrected chi connectivity index (χ3v) is 5.92.